The standard InChI is InChI=1S/C45H54N10O6S/c1-28(2)37(42(56)55-21-9-14-32(55)43(57)59-27-30-12-6-5-7-13-30)33-24-36(51-60-33)58-23-11-20-53-19-10-22-54(29(3)26-53)35-16-18-48-40(49-35)41-50-44(61-52-41)45(4)17-8-15-34-38(45)31(25-46)39(47)62-34/h5-7,12-13,16,18,24,28-29,32,37H,8-11,14-15,17,19-23,26-27,47H2,1-4H3/t29-,32-,37?,45-/m0/s1. The zero-order valence-electron chi connectivity index (χ0n) is 35.8. The average Bonchev–Trinajstić information content (AvgIpc) is 4.09. The third-order valence-corrected chi connectivity index (χ3v) is 13.4. The number of hydrogen-bond acceptors (Lipinski definition) is 16. The van der Waals surface area contributed by atoms with Crippen molar-refractivity contribution < 1.29 is 28.1 Å². The molecule has 2 aliphatic heterocycles. The van der Waals surface area contributed by atoms with E-state index in [2.05, 4.69) is 38.1 Å². The Hall–Kier alpha value is -5.86. The van der Waals surface area contributed by atoms with Gasteiger partial charge in [-0.15, -0.1) is 11.3 Å². The van der Waals surface area contributed by atoms with E-state index in [9.17, 15) is 14.9 Å². The summed E-state index contributed by atoms with van der Waals surface area (Å²) in [6, 6.07) is 15.0. The molecule has 0 bridgehead atoms. The molecule has 4 atom stereocenters. The Balaban J connectivity index is 0.834. The van der Waals surface area contributed by atoms with Gasteiger partial charge in [-0.3, -0.25) is 4.79 Å². The van der Waals surface area contributed by atoms with E-state index in [-0.39, 0.29) is 30.4 Å². The van der Waals surface area contributed by atoms with Crippen molar-refractivity contribution in [3.8, 4) is 23.6 Å². The second-order valence-electron chi connectivity index (χ2n) is 17.1. The molecule has 1 aromatic carbocycles. The molecule has 1 aliphatic carbocycles. The van der Waals surface area contributed by atoms with Crippen LogP contribution >= 0.6 is 11.3 Å². The van der Waals surface area contributed by atoms with Gasteiger partial charge in [-0.05, 0) is 88.0 Å². The Morgan fingerprint density at radius 1 is 1.06 bits per heavy atom. The average molecular weight is 863 g/mol. The lowest BCUT2D eigenvalue weighted by Gasteiger charge is -2.30. The molecule has 8 rings (SSSR count). The smallest absolute Gasteiger partial charge is 0.329 e. The number of aryl methyl sites for hydroxylation is 1. The number of amides is 1. The SMILES string of the molecule is CC(C)C(C(=O)N1CCC[C@H]1C(=O)OCc1ccccc1)c1cc(OCCCN2CCCN(c3ccnc(-c4noc([C@@]5(C)CCCc6sc(N)c(C#N)c65)n4)n3)[C@@H](C)C2)no1. The zero-order valence-corrected chi connectivity index (χ0v) is 36.6. The van der Waals surface area contributed by atoms with E-state index in [0.717, 1.165) is 86.5 Å². The maximum Gasteiger partial charge on any atom is 0.329 e. The number of hydrogen-bond donors (Lipinski definition) is 1. The first-order valence-electron chi connectivity index (χ1n) is 21.6. The van der Waals surface area contributed by atoms with Crippen molar-refractivity contribution in [2.24, 2.45) is 5.92 Å². The van der Waals surface area contributed by atoms with Crippen LogP contribution in [0.3, 0.4) is 0 Å². The van der Waals surface area contributed by atoms with Crippen LogP contribution < -0.4 is 15.4 Å². The number of nitrogens with two attached hydrogens (primary N) is 1. The summed E-state index contributed by atoms with van der Waals surface area (Å²) in [5.41, 5.74) is 7.91. The molecule has 16 nitrogen and oxygen atoms in total. The predicted octanol–water partition coefficient (Wildman–Crippen LogP) is 6.52. The van der Waals surface area contributed by atoms with Crippen LogP contribution in [-0.2, 0) is 32.8 Å². The zero-order chi connectivity index (χ0) is 43.4. The summed E-state index contributed by atoms with van der Waals surface area (Å²) < 4.78 is 23.2. The monoisotopic (exact) mass is 862 g/mol. The third kappa shape index (κ3) is 8.89. The Kier molecular flexibility index (Phi) is 12.9. The molecule has 3 aliphatic rings. The molecule has 6 heterocycles. The molecule has 62 heavy (non-hydrogen) atoms. The molecular formula is C45H54N10O6S. The number of likely N-dealkylation sites (tertiary alicyclic amines) is 1. The van der Waals surface area contributed by atoms with Gasteiger partial charge in [0, 0.05) is 54.9 Å². The number of carbonyl (C=O) groups excluding carboxylic acids is 2. The van der Waals surface area contributed by atoms with Crippen molar-refractivity contribution in [1.29, 1.82) is 5.26 Å². The number of rotatable bonds is 14. The first kappa shape index (κ1) is 42.8. The van der Waals surface area contributed by atoms with Crippen LogP contribution in [0.5, 0.6) is 5.88 Å². The van der Waals surface area contributed by atoms with E-state index in [1.165, 1.54) is 11.3 Å². The number of nitrogens with zero attached hydrogens (tertiary/aromatic N) is 9. The maximum atomic E-state index is 13.9. The lowest BCUT2D eigenvalue weighted by Crippen LogP contribution is -2.44. The van der Waals surface area contributed by atoms with Gasteiger partial charge in [0.25, 0.3) is 5.88 Å². The fraction of sp³-hybridized carbons (Fsp3) is 0.511. The highest BCUT2D eigenvalue weighted by Crippen LogP contribution is 2.48. The van der Waals surface area contributed by atoms with Gasteiger partial charge in [-0.25, -0.2) is 14.8 Å². The first-order valence-corrected chi connectivity index (χ1v) is 22.4. The number of fused-ring (bicyclic) bond motifs is 1. The highest BCUT2D eigenvalue weighted by molar-refractivity contribution is 7.16. The van der Waals surface area contributed by atoms with E-state index in [4.69, 9.17) is 34.2 Å². The Labute approximate surface area is 365 Å². The molecule has 1 unspecified atom stereocenters. The molecule has 0 spiro atoms. The molecule has 4 aromatic heterocycles. The van der Waals surface area contributed by atoms with Gasteiger partial charge >= 0.3 is 5.97 Å². The predicted molar refractivity (Wildman–Crippen MR) is 231 cm³/mol. The minimum absolute atomic E-state index is 0.0965. The van der Waals surface area contributed by atoms with Crippen molar-refractivity contribution in [2.45, 2.75) is 103 Å². The minimum Gasteiger partial charge on any atom is -0.475 e. The van der Waals surface area contributed by atoms with E-state index in [1.54, 1.807) is 17.2 Å². The van der Waals surface area contributed by atoms with Gasteiger partial charge in [0.15, 0.2) is 5.76 Å². The Morgan fingerprint density at radius 2 is 1.90 bits per heavy atom. The van der Waals surface area contributed by atoms with E-state index in [0.29, 0.717) is 59.3 Å². The molecule has 0 saturated carbocycles. The normalized spacial score (nSPS) is 21.0. The molecule has 2 saturated heterocycles. The highest BCUT2D eigenvalue weighted by Gasteiger charge is 2.44. The summed E-state index contributed by atoms with van der Waals surface area (Å²) in [6.07, 6.45) is 7.31. The van der Waals surface area contributed by atoms with Gasteiger partial charge in [0.1, 0.15) is 35.5 Å². The van der Waals surface area contributed by atoms with E-state index in [1.807, 2.05) is 57.2 Å². The fourth-order valence-electron chi connectivity index (χ4n) is 9.22. The van der Waals surface area contributed by atoms with Crippen molar-refractivity contribution in [3.63, 3.8) is 0 Å². The van der Waals surface area contributed by atoms with Crippen molar-refractivity contribution in [2.75, 3.05) is 50.0 Å². The summed E-state index contributed by atoms with van der Waals surface area (Å²) in [5, 5.41) is 18.9. The van der Waals surface area contributed by atoms with Gasteiger partial charge in [0.2, 0.25) is 23.4 Å². The number of carbonyl (C=O) groups is 2. The number of nitriles is 1. The molecule has 2 N–H and O–H groups in total. The minimum atomic E-state index is -0.628. The second kappa shape index (κ2) is 18.6. The van der Waals surface area contributed by atoms with Crippen molar-refractivity contribution >= 4 is 34.0 Å². The largest absolute Gasteiger partial charge is 0.475 e. The number of aromatic nitrogens is 5. The number of benzene rings is 1. The Morgan fingerprint density at radius 3 is 2.71 bits per heavy atom. The highest BCUT2D eigenvalue weighted by atomic mass is 32.1. The summed E-state index contributed by atoms with van der Waals surface area (Å²) in [7, 11) is 0. The molecule has 2 fully saturated rings. The lowest BCUT2D eigenvalue weighted by atomic mass is 9.72. The number of thiophene rings is 1. The molecular weight excluding hydrogens is 809 g/mol. The van der Waals surface area contributed by atoms with Gasteiger partial charge in [-0.1, -0.05) is 49.3 Å². The Bertz CT molecular complexity index is 2390. The molecule has 0 radical (unpaired) electrons. The van der Waals surface area contributed by atoms with Crippen LogP contribution in [0.1, 0.15) is 105 Å². The van der Waals surface area contributed by atoms with Crippen LogP contribution in [0.25, 0.3) is 11.6 Å². The van der Waals surface area contributed by atoms with Crippen molar-refractivity contribution in [3.05, 3.63) is 81.9 Å². The van der Waals surface area contributed by atoms with E-state index < -0.39 is 17.4 Å². The van der Waals surface area contributed by atoms with Crippen LogP contribution in [-0.4, -0.2) is 98.4 Å². The third-order valence-electron chi connectivity index (χ3n) is 12.4. The maximum absolute atomic E-state index is 13.9. The van der Waals surface area contributed by atoms with Crippen LogP contribution in [0.15, 0.2) is 57.7 Å². The van der Waals surface area contributed by atoms with Crippen LogP contribution in [0.2, 0.25) is 0 Å². The van der Waals surface area contributed by atoms with Gasteiger partial charge < -0.3 is 39.0 Å². The molecule has 17 heteroatoms. The molecule has 326 valence electrons. The van der Waals surface area contributed by atoms with Gasteiger partial charge in [-0.2, -0.15) is 10.2 Å². The van der Waals surface area contributed by atoms with Gasteiger partial charge in [0.05, 0.1) is 17.6 Å². The summed E-state index contributed by atoms with van der Waals surface area (Å²) in [6.45, 7) is 12.7. The lowest BCUT2D eigenvalue weighted by molar-refractivity contribution is -0.155. The topological polar surface area (TPSA) is 203 Å². The van der Waals surface area contributed by atoms with E-state index >= 15 is 0 Å². The second-order valence-corrected chi connectivity index (χ2v) is 18.2. The summed E-state index contributed by atoms with van der Waals surface area (Å²) in [5.74, 6) is 1.41. The number of esters is 1. The number of ether oxygens (including phenoxy) is 2. The van der Waals surface area contributed by atoms with Crippen molar-refractivity contribution in [1.82, 2.24) is 35.1 Å². The fourth-order valence-corrected chi connectivity index (χ4v) is 10.4. The van der Waals surface area contributed by atoms with Crippen LogP contribution in [0.4, 0.5) is 10.8 Å². The number of nitrogen functional groups attached to an aromatic ring is 1. The number of anilines is 2. The summed E-state index contributed by atoms with van der Waals surface area (Å²) >= 11 is 1.47. The molecule has 1 amide bonds. The quantitative estimate of drug-likeness (QED) is 0.0933. The molecule has 5 aromatic rings. The summed E-state index contributed by atoms with van der Waals surface area (Å²) in [4.78, 5) is 48.7. The first-order chi connectivity index (χ1) is 30.0. The van der Waals surface area contributed by atoms with Crippen LogP contribution in [0, 0.1) is 17.2 Å².